The first-order chi connectivity index (χ1) is 13.7. The molecule has 0 fully saturated rings. The van der Waals surface area contributed by atoms with Crippen LogP contribution in [0.25, 0.3) is 0 Å². The predicted octanol–water partition coefficient (Wildman–Crippen LogP) is 3.94. The number of anilines is 3. The van der Waals surface area contributed by atoms with E-state index in [1.165, 1.54) is 11.6 Å². The average molecular weight is 380 g/mol. The highest BCUT2D eigenvalue weighted by Crippen LogP contribution is 2.34. The van der Waals surface area contributed by atoms with E-state index in [4.69, 9.17) is 9.47 Å². The van der Waals surface area contributed by atoms with Crippen LogP contribution >= 0.6 is 0 Å². The number of fused-ring (bicyclic) bond motifs is 1. The summed E-state index contributed by atoms with van der Waals surface area (Å²) < 4.78 is 24.7. The molecule has 3 aromatic rings. The summed E-state index contributed by atoms with van der Waals surface area (Å²) in [5.74, 6) is 2.27. The number of hydrogen-bond acceptors (Lipinski definition) is 6. The van der Waals surface area contributed by atoms with Crippen LogP contribution in [0.3, 0.4) is 0 Å². The molecular weight excluding hydrogens is 359 g/mol. The number of para-hydroxylation sites is 1. The largest absolute Gasteiger partial charge is 0.493 e. The van der Waals surface area contributed by atoms with E-state index in [1.807, 2.05) is 12.1 Å². The Morgan fingerprint density at radius 2 is 1.79 bits per heavy atom. The molecule has 2 heterocycles. The summed E-state index contributed by atoms with van der Waals surface area (Å²) in [5.41, 5.74) is 2.77. The van der Waals surface area contributed by atoms with Gasteiger partial charge in [0, 0.05) is 19.3 Å². The molecule has 0 aliphatic carbocycles. The molecule has 1 N–H and O–H groups in total. The molecule has 0 radical (unpaired) electrons. The summed E-state index contributed by atoms with van der Waals surface area (Å²) in [5, 5.41) is 3.01. The second-order valence-electron chi connectivity index (χ2n) is 6.49. The van der Waals surface area contributed by atoms with E-state index in [-0.39, 0.29) is 5.82 Å². The van der Waals surface area contributed by atoms with Crippen LogP contribution in [0.2, 0.25) is 0 Å². The molecule has 1 aliphatic rings. The van der Waals surface area contributed by atoms with Gasteiger partial charge in [-0.3, -0.25) is 0 Å². The maximum absolute atomic E-state index is 13.9. The fourth-order valence-electron chi connectivity index (χ4n) is 3.32. The quantitative estimate of drug-likeness (QED) is 0.724. The highest BCUT2D eigenvalue weighted by Gasteiger charge is 2.21. The van der Waals surface area contributed by atoms with Gasteiger partial charge in [0.2, 0.25) is 5.95 Å². The molecule has 28 heavy (non-hydrogen) atoms. The van der Waals surface area contributed by atoms with Gasteiger partial charge in [0.25, 0.3) is 0 Å². The Labute approximate surface area is 163 Å². The Hall–Kier alpha value is -3.35. The van der Waals surface area contributed by atoms with Gasteiger partial charge >= 0.3 is 0 Å². The molecule has 2 aromatic carbocycles. The van der Waals surface area contributed by atoms with Gasteiger partial charge in [0.05, 0.1) is 19.9 Å². The van der Waals surface area contributed by atoms with Crippen LogP contribution < -0.4 is 19.7 Å². The van der Waals surface area contributed by atoms with E-state index in [9.17, 15) is 4.39 Å². The number of hydrogen-bond donors (Lipinski definition) is 1. The lowest BCUT2D eigenvalue weighted by atomic mass is 9.99. The number of aromatic nitrogens is 2. The van der Waals surface area contributed by atoms with Crippen molar-refractivity contribution in [3.05, 3.63) is 65.6 Å². The smallest absolute Gasteiger partial charge is 0.227 e. The van der Waals surface area contributed by atoms with Crippen LogP contribution in [-0.2, 0) is 13.0 Å². The minimum atomic E-state index is -0.324. The first-order valence-corrected chi connectivity index (χ1v) is 9.01. The summed E-state index contributed by atoms with van der Waals surface area (Å²) in [7, 11) is 3.27. The molecular formula is C21H21FN4O2. The lowest BCUT2D eigenvalue weighted by molar-refractivity contribution is 0.353. The van der Waals surface area contributed by atoms with Crippen molar-refractivity contribution in [3.8, 4) is 11.5 Å². The highest BCUT2D eigenvalue weighted by molar-refractivity contribution is 5.58. The summed E-state index contributed by atoms with van der Waals surface area (Å²) in [6.07, 6.45) is 2.53. The van der Waals surface area contributed by atoms with Crippen LogP contribution in [0.1, 0.15) is 11.1 Å². The zero-order chi connectivity index (χ0) is 19.5. The number of benzene rings is 2. The van der Waals surface area contributed by atoms with Gasteiger partial charge in [-0.15, -0.1) is 0 Å². The SMILES string of the molecule is COc1cc2c(cc1OC)CN(c1nccc(Nc3ccccc3F)n1)CC2. The van der Waals surface area contributed by atoms with Crippen LogP contribution in [0.4, 0.5) is 21.8 Å². The minimum absolute atomic E-state index is 0.324. The van der Waals surface area contributed by atoms with Crippen LogP contribution in [0, 0.1) is 5.82 Å². The maximum Gasteiger partial charge on any atom is 0.227 e. The van der Waals surface area contributed by atoms with Crippen LogP contribution in [0.15, 0.2) is 48.7 Å². The maximum atomic E-state index is 13.9. The zero-order valence-corrected chi connectivity index (χ0v) is 15.8. The second kappa shape index (κ2) is 7.72. The van der Waals surface area contributed by atoms with Crippen molar-refractivity contribution in [1.29, 1.82) is 0 Å². The number of nitrogens with one attached hydrogen (secondary N) is 1. The average Bonchev–Trinajstić information content (AvgIpc) is 2.74. The fraction of sp³-hybridized carbons (Fsp3) is 0.238. The lowest BCUT2D eigenvalue weighted by Gasteiger charge is -2.29. The van der Waals surface area contributed by atoms with E-state index >= 15 is 0 Å². The Morgan fingerprint density at radius 1 is 1.04 bits per heavy atom. The van der Waals surface area contributed by atoms with Crippen molar-refractivity contribution in [3.63, 3.8) is 0 Å². The highest BCUT2D eigenvalue weighted by atomic mass is 19.1. The van der Waals surface area contributed by atoms with Crippen LogP contribution in [0.5, 0.6) is 11.5 Å². The number of methoxy groups -OCH3 is 2. The van der Waals surface area contributed by atoms with E-state index in [1.54, 1.807) is 44.7 Å². The van der Waals surface area contributed by atoms with Gasteiger partial charge in [0.1, 0.15) is 11.6 Å². The molecule has 144 valence electrons. The Morgan fingerprint density at radius 3 is 2.54 bits per heavy atom. The van der Waals surface area contributed by atoms with Crippen molar-refractivity contribution >= 4 is 17.5 Å². The van der Waals surface area contributed by atoms with E-state index in [0.29, 0.717) is 29.7 Å². The molecule has 0 saturated carbocycles. The third kappa shape index (κ3) is 3.55. The standard InChI is InChI=1S/C21H21FN4O2/c1-27-18-11-14-8-10-26(13-15(14)12-19(18)28-2)21-23-9-7-20(25-21)24-17-6-4-3-5-16(17)22/h3-7,9,11-12H,8,10,13H2,1-2H3,(H,23,24,25). The summed E-state index contributed by atoms with van der Waals surface area (Å²) in [4.78, 5) is 11.1. The Balaban J connectivity index is 1.57. The number of halogens is 1. The van der Waals surface area contributed by atoms with Gasteiger partial charge in [0.15, 0.2) is 11.5 Å². The Kier molecular flexibility index (Phi) is 4.97. The van der Waals surface area contributed by atoms with E-state index in [0.717, 1.165) is 24.3 Å². The molecule has 1 aromatic heterocycles. The normalized spacial score (nSPS) is 13.0. The van der Waals surface area contributed by atoms with E-state index in [2.05, 4.69) is 20.2 Å². The van der Waals surface area contributed by atoms with Crippen molar-refractivity contribution in [2.24, 2.45) is 0 Å². The van der Waals surface area contributed by atoms with Crippen LogP contribution in [-0.4, -0.2) is 30.7 Å². The zero-order valence-electron chi connectivity index (χ0n) is 15.8. The van der Waals surface area contributed by atoms with Gasteiger partial charge in [-0.25, -0.2) is 9.37 Å². The van der Waals surface area contributed by atoms with Gasteiger partial charge < -0.3 is 19.7 Å². The molecule has 0 atom stereocenters. The number of rotatable bonds is 5. The fourth-order valence-corrected chi connectivity index (χ4v) is 3.32. The predicted molar refractivity (Wildman–Crippen MR) is 106 cm³/mol. The van der Waals surface area contributed by atoms with Gasteiger partial charge in [-0.1, -0.05) is 12.1 Å². The Bertz CT molecular complexity index is 996. The number of ether oxygens (including phenoxy) is 2. The molecule has 7 heteroatoms. The van der Waals surface area contributed by atoms with Gasteiger partial charge in [-0.2, -0.15) is 4.98 Å². The first-order valence-electron chi connectivity index (χ1n) is 9.01. The summed E-state index contributed by atoms with van der Waals surface area (Å²) in [6, 6.07) is 12.3. The van der Waals surface area contributed by atoms with Crippen molar-refractivity contribution in [2.45, 2.75) is 13.0 Å². The molecule has 6 nitrogen and oxygen atoms in total. The van der Waals surface area contributed by atoms with Crippen molar-refractivity contribution < 1.29 is 13.9 Å². The topological polar surface area (TPSA) is 59.5 Å². The third-order valence-corrected chi connectivity index (χ3v) is 4.78. The molecule has 4 rings (SSSR count). The summed E-state index contributed by atoms with van der Waals surface area (Å²) >= 11 is 0. The molecule has 1 aliphatic heterocycles. The first kappa shape index (κ1) is 18.0. The molecule has 0 bridgehead atoms. The number of nitrogens with zero attached hydrogens (tertiary/aromatic N) is 3. The van der Waals surface area contributed by atoms with Crippen molar-refractivity contribution in [2.75, 3.05) is 31.0 Å². The van der Waals surface area contributed by atoms with Crippen molar-refractivity contribution in [1.82, 2.24) is 9.97 Å². The van der Waals surface area contributed by atoms with E-state index < -0.39 is 0 Å². The molecule has 0 spiro atoms. The lowest BCUT2D eigenvalue weighted by Crippen LogP contribution is -2.31. The summed E-state index contributed by atoms with van der Waals surface area (Å²) in [6.45, 7) is 1.45. The van der Waals surface area contributed by atoms with Gasteiger partial charge in [-0.05, 0) is 47.9 Å². The molecule has 0 amide bonds. The second-order valence-corrected chi connectivity index (χ2v) is 6.49. The molecule has 0 saturated heterocycles. The molecule has 0 unspecified atom stereocenters. The minimum Gasteiger partial charge on any atom is -0.493 e. The monoisotopic (exact) mass is 380 g/mol. The third-order valence-electron chi connectivity index (χ3n) is 4.78.